The second kappa shape index (κ2) is 8.67. The van der Waals surface area contributed by atoms with Crippen molar-refractivity contribution >= 4 is 51.5 Å². The van der Waals surface area contributed by atoms with E-state index < -0.39 is 5.69 Å². The number of rotatable bonds is 4. The van der Waals surface area contributed by atoms with Crippen LogP contribution in [0.4, 0.5) is 0 Å². The molecule has 2 atom stereocenters. The molecule has 2 aliphatic heterocycles. The Bertz CT molecular complexity index is 1640. The maximum atomic E-state index is 13.6. The molecule has 0 aliphatic carbocycles. The number of fused-ring (bicyclic) bond motifs is 3. The fourth-order valence-corrected chi connectivity index (χ4v) is 7.82. The molecule has 12 heteroatoms. The third kappa shape index (κ3) is 3.59. The molecule has 4 aromatic rings. The topological polar surface area (TPSA) is 95.3 Å². The van der Waals surface area contributed by atoms with Crippen LogP contribution in [0.15, 0.2) is 31.5 Å². The maximum absolute atomic E-state index is 13.6. The zero-order chi connectivity index (χ0) is 25.3. The summed E-state index contributed by atoms with van der Waals surface area (Å²) < 4.78 is 10.7. The van der Waals surface area contributed by atoms with Crippen molar-refractivity contribution in [2.45, 2.75) is 36.8 Å². The molecular formula is C24H24ClN5O4S2. The van der Waals surface area contributed by atoms with Gasteiger partial charge in [0.05, 0.1) is 22.3 Å². The van der Waals surface area contributed by atoms with Gasteiger partial charge in [-0.2, -0.15) is 0 Å². The molecule has 9 nitrogen and oxygen atoms in total. The van der Waals surface area contributed by atoms with Gasteiger partial charge in [0, 0.05) is 56.5 Å². The van der Waals surface area contributed by atoms with E-state index in [0.717, 1.165) is 33.9 Å². The minimum absolute atomic E-state index is 0.0379. The van der Waals surface area contributed by atoms with Crippen molar-refractivity contribution in [1.82, 2.24) is 23.6 Å². The van der Waals surface area contributed by atoms with Crippen molar-refractivity contribution in [3.63, 3.8) is 0 Å². The first-order chi connectivity index (χ1) is 17.2. The largest absolute Gasteiger partial charge is 0.448 e. The number of furan rings is 1. The number of likely N-dealkylation sites (tertiary alicyclic amines) is 1. The van der Waals surface area contributed by atoms with Gasteiger partial charge in [-0.05, 0) is 37.1 Å². The number of halogens is 1. The molecule has 4 aromatic heterocycles. The summed E-state index contributed by atoms with van der Waals surface area (Å²) >= 11 is 9.32. The number of carbonyl (C=O) groups excluding carboxylic acids is 1. The van der Waals surface area contributed by atoms with Crippen LogP contribution in [0.5, 0.6) is 0 Å². The number of aryl methyl sites for hydroxylation is 2. The molecule has 0 spiro atoms. The third-order valence-electron chi connectivity index (χ3n) is 6.94. The van der Waals surface area contributed by atoms with Gasteiger partial charge in [0.1, 0.15) is 16.0 Å². The lowest BCUT2D eigenvalue weighted by molar-refractivity contribution is -0.127. The molecule has 6 rings (SSSR count). The second-order valence-corrected chi connectivity index (χ2v) is 11.9. The van der Waals surface area contributed by atoms with Gasteiger partial charge in [-0.25, -0.2) is 9.78 Å². The van der Waals surface area contributed by atoms with E-state index in [1.54, 1.807) is 24.9 Å². The molecule has 36 heavy (non-hydrogen) atoms. The summed E-state index contributed by atoms with van der Waals surface area (Å²) in [5, 5.41) is 3.11. The van der Waals surface area contributed by atoms with Crippen molar-refractivity contribution in [3.05, 3.63) is 60.7 Å². The lowest BCUT2D eigenvalue weighted by Gasteiger charge is -2.33. The minimum Gasteiger partial charge on any atom is -0.448 e. The van der Waals surface area contributed by atoms with Crippen LogP contribution in [-0.2, 0) is 25.4 Å². The highest BCUT2D eigenvalue weighted by Gasteiger charge is 2.39. The van der Waals surface area contributed by atoms with Crippen LogP contribution in [0.25, 0.3) is 21.6 Å². The highest BCUT2D eigenvalue weighted by molar-refractivity contribution is 8.00. The average Bonchev–Trinajstić information content (AvgIpc) is 3.63. The Morgan fingerprint density at radius 3 is 2.64 bits per heavy atom. The van der Waals surface area contributed by atoms with E-state index in [0.29, 0.717) is 41.9 Å². The molecule has 6 heterocycles. The highest BCUT2D eigenvalue weighted by Crippen LogP contribution is 2.49. The molecule has 0 bridgehead atoms. The summed E-state index contributed by atoms with van der Waals surface area (Å²) in [4.78, 5) is 45.7. The second-order valence-electron chi connectivity index (χ2n) is 9.29. The van der Waals surface area contributed by atoms with Gasteiger partial charge >= 0.3 is 5.69 Å². The molecule has 1 amide bonds. The fourth-order valence-electron chi connectivity index (χ4n) is 5.30. The molecule has 1 saturated heterocycles. The Labute approximate surface area is 219 Å². The van der Waals surface area contributed by atoms with Crippen molar-refractivity contribution < 1.29 is 9.21 Å². The summed E-state index contributed by atoms with van der Waals surface area (Å²) in [6.07, 6.45) is 1.45. The van der Waals surface area contributed by atoms with Gasteiger partial charge in [0.15, 0.2) is 5.22 Å². The van der Waals surface area contributed by atoms with E-state index in [4.69, 9.17) is 21.0 Å². The summed E-state index contributed by atoms with van der Waals surface area (Å²) in [7, 11) is 3.19. The molecule has 0 aromatic carbocycles. The van der Waals surface area contributed by atoms with Crippen LogP contribution >= 0.6 is 34.7 Å². The molecule has 0 radical (unpaired) electrons. The van der Waals surface area contributed by atoms with Gasteiger partial charge in [0.2, 0.25) is 5.91 Å². The Kier molecular flexibility index (Phi) is 5.69. The smallest absolute Gasteiger partial charge is 0.331 e. The average molecular weight is 546 g/mol. The van der Waals surface area contributed by atoms with Crippen LogP contribution < -0.4 is 11.2 Å². The molecule has 1 fully saturated rings. The summed E-state index contributed by atoms with van der Waals surface area (Å²) in [5.74, 6) is 0.807. The lowest BCUT2D eigenvalue weighted by Crippen LogP contribution is -2.37. The normalized spacial score (nSPS) is 20.0. The zero-order valence-corrected chi connectivity index (χ0v) is 22.4. The van der Waals surface area contributed by atoms with E-state index in [9.17, 15) is 14.4 Å². The number of hydrogen-bond acceptors (Lipinski definition) is 7. The van der Waals surface area contributed by atoms with Crippen molar-refractivity contribution in [1.29, 1.82) is 0 Å². The van der Waals surface area contributed by atoms with Crippen LogP contribution in [-0.4, -0.2) is 47.8 Å². The maximum Gasteiger partial charge on any atom is 0.331 e. The van der Waals surface area contributed by atoms with Gasteiger partial charge in [-0.3, -0.25) is 18.7 Å². The molecule has 0 unspecified atom stereocenters. The Morgan fingerprint density at radius 2 is 2.00 bits per heavy atom. The number of thiazole rings is 1. The number of carbonyl (C=O) groups is 1. The van der Waals surface area contributed by atoms with E-state index in [1.165, 1.54) is 23.0 Å². The molecule has 0 saturated carbocycles. The molecular weight excluding hydrogens is 522 g/mol. The lowest BCUT2D eigenvalue weighted by atomic mass is 10.2. The Hall–Kier alpha value is -2.76. The summed E-state index contributed by atoms with van der Waals surface area (Å²) in [5.41, 5.74) is 2.20. The monoisotopic (exact) mass is 545 g/mol. The fraction of sp³-hybridized carbons (Fsp3) is 0.417. The SMILES string of the molecule is Cc1csc(-c2c3c(=O)n(C)c(=O)n(C)c3c3n2C[C@@H](CN2CCCC2=O)S[C@@H]3c2ccc(Cl)o2)n1. The molecule has 188 valence electrons. The van der Waals surface area contributed by atoms with Gasteiger partial charge in [-0.1, -0.05) is 0 Å². The third-order valence-corrected chi connectivity index (χ3v) is 9.52. The van der Waals surface area contributed by atoms with Crippen LogP contribution in [0.3, 0.4) is 0 Å². The van der Waals surface area contributed by atoms with Gasteiger partial charge in [-0.15, -0.1) is 23.1 Å². The number of nitrogens with zero attached hydrogens (tertiary/aromatic N) is 5. The number of thioether (sulfide) groups is 1. The predicted molar refractivity (Wildman–Crippen MR) is 141 cm³/mol. The van der Waals surface area contributed by atoms with E-state index in [-0.39, 0.29) is 27.2 Å². The van der Waals surface area contributed by atoms with E-state index in [1.807, 2.05) is 23.3 Å². The van der Waals surface area contributed by atoms with E-state index in [2.05, 4.69) is 4.57 Å². The van der Waals surface area contributed by atoms with E-state index >= 15 is 0 Å². The Morgan fingerprint density at radius 1 is 1.19 bits per heavy atom. The number of aromatic nitrogens is 4. The standard InChI is InChI=1S/C24H24ClN5O4S2/c1-12-11-35-22(26-12)19-17-18(27(2)24(33)28(3)23(17)32)20-21(14-6-7-15(25)34-14)36-13(10-30(19)20)9-29-8-4-5-16(29)31/h6-7,11,13,21H,4-5,8-10H2,1-3H3/t13-,21-/m1/s1. The molecule has 2 aliphatic rings. The zero-order valence-electron chi connectivity index (χ0n) is 20.0. The molecule has 0 N–H and O–H groups in total. The minimum atomic E-state index is -0.395. The first-order valence-electron chi connectivity index (χ1n) is 11.7. The quantitative estimate of drug-likeness (QED) is 0.389. The van der Waals surface area contributed by atoms with Gasteiger partial charge < -0.3 is 13.9 Å². The van der Waals surface area contributed by atoms with Crippen molar-refractivity contribution in [2.24, 2.45) is 14.1 Å². The first kappa shape index (κ1) is 23.6. The predicted octanol–water partition coefficient (Wildman–Crippen LogP) is 3.54. The van der Waals surface area contributed by atoms with Gasteiger partial charge in [0.25, 0.3) is 5.56 Å². The number of amides is 1. The van der Waals surface area contributed by atoms with Crippen LogP contribution in [0.1, 0.15) is 35.2 Å². The van der Waals surface area contributed by atoms with Crippen LogP contribution in [0, 0.1) is 6.92 Å². The first-order valence-corrected chi connectivity index (χ1v) is 13.9. The number of hydrogen-bond donors (Lipinski definition) is 0. The van der Waals surface area contributed by atoms with Crippen LogP contribution in [0.2, 0.25) is 5.22 Å². The van der Waals surface area contributed by atoms with Crippen molar-refractivity contribution in [2.75, 3.05) is 13.1 Å². The summed E-state index contributed by atoms with van der Waals surface area (Å²) in [6, 6.07) is 3.53. The van der Waals surface area contributed by atoms with Crippen molar-refractivity contribution in [3.8, 4) is 10.7 Å². The Balaban J connectivity index is 1.65. The summed E-state index contributed by atoms with van der Waals surface area (Å²) in [6.45, 7) is 3.83. The highest BCUT2D eigenvalue weighted by atomic mass is 35.5.